The number of ether oxygens (including phenoxy) is 2. The zero-order chi connectivity index (χ0) is 22.7. The van der Waals surface area contributed by atoms with Crippen LogP contribution in [-0.2, 0) is 4.74 Å². The maximum absolute atomic E-state index is 12.7. The van der Waals surface area contributed by atoms with Gasteiger partial charge >= 0.3 is 11.9 Å². The Morgan fingerprint density at radius 1 is 0.969 bits per heavy atom. The zero-order valence-corrected chi connectivity index (χ0v) is 16.9. The maximum atomic E-state index is 12.7. The average Bonchev–Trinajstić information content (AvgIpc) is 3.18. The van der Waals surface area contributed by atoms with Gasteiger partial charge in [-0.3, -0.25) is 10.1 Å². The topological polar surface area (TPSA) is 109 Å². The first-order valence-corrected chi connectivity index (χ1v) is 9.73. The molecule has 0 saturated carbocycles. The van der Waals surface area contributed by atoms with E-state index < -0.39 is 16.9 Å². The second kappa shape index (κ2) is 8.73. The van der Waals surface area contributed by atoms with Crippen LogP contribution >= 0.6 is 0 Å². The van der Waals surface area contributed by atoms with Gasteiger partial charge in [-0.05, 0) is 49.4 Å². The van der Waals surface area contributed by atoms with E-state index in [1.807, 2.05) is 0 Å². The van der Waals surface area contributed by atoms with Crippen LogP contribution in [-0.4, -0.2) is 23.5 Å². The molecule has 160 valence electrons. The molecule has 4 rings (SSSR count). The van der Waals surface area contributed by atoms with Crippen molar-refractivity contribution in [3.05, 3.63) is 94.0 Å². The van der Waals surface area contributed by atoms with Gasteiger partial charge in [-0.25, -0.2) is 9.59 Å². The predicted molar refractivity (Wildman–Crippen MR) is 116 cm³/mol. The number of non-ortho nitro benzene ring substituents is 1. The van der Waals surface area contributed by atoms with Gasteiger partial charge in [0.2, 0.25) is 0 Å². The summed E-state index contributed by atoms with van der Waals surface area (Å²) in [6, 6.07) is 18.8. The van der Waals surface area contributed by atoms with Crippen molar-refractivity contribution in [3.8, 4) is 17.1 Å². The number of rotatable bonds is 6. The highest BCUT2D eigenvalue weighted by molar-refractivity contribution is 6.09. The number of hydrogen-bond acceptors (Lipinski definition) is 7. The van der Waals surface area contributed by atoms with E-state index in [1.165, 1.54) is 30.3 Å². The van der Waals surface area contributed by atoms with Crippen LogP contribution in [0.3, 0.4) is 0 Å². The van der Waals surface area contributed by atoms with Crippen molar-refractivity contribution in [1.82, 2.24) is 0 Å². The SMILES string of the molecule is CCOC(=O)c1c(-c2ccc([N+](=O)[O-])cc2)oc2ccc(OC(=O)c3ccccc3)cc12. The molecule has 0 amide bonds. The lowest BCUT2D eigenvalue weighted by Crippen LogP contribution is -2.08. The Hall–Kier alpha value is -4.46. The molecular formula is C24H17NO7. The quantitative estimate of drug-likeness (QED) is 0.174. The zero-order valence-electron chi connectivity index (χ0n) is 16.9. The number of nitro benzene ring substituents is 1. The van der Waals surface area contributed by atoms with E-state index in [1.54, 1.807) is 49.4 Å². The molecule has 32 heavy (non-hydrogen) atoms. The van der Waals surface area contributed by atoms with Crippen LogP contribution in [0.5, 0.6) is 5.75 Å². The lowest BCUT2D eigenvalue weighted by molar-refractivity contribution is -0.384. The standard InChI is InChI=1S/C24H17NO7/c1-2-30-24(27)21-19-14-18(31-23(26)16-6-4-3-5-7-16)12-13-20(19)32-22(21)15-8-10-17(11-9-15)25(28)29/h3-14H,2H2,1H3. The normalized spacial score (nSPS) is 10.7. The highest BCUT2D eigenvalue weighted by Gasteiger charge is 2.24. The van der Waals surface area contributed by atoms with Crippen LogP contribution in [0.15, 0.2) is 77.2 Å². The van der Waals surface area contributed by atoms with Crippen molar-refractivity contribution < 1.29 is 28.4 Å². The molecule has 0 bridgehead atoms. The number of nitro groups is 1. The summed E-state index contributed by atoms with van der Waals surface area (Å²) in [6.07, 6.45) is 0. The maximum Gasteiger partial charge on any atom is 0.343 e. The summed E-state index contributed by atoms with van der Waals surface area (Å²) in [5.74, 6) is -0.722. The van der Waals surface area contributed by atoms with E-state index >= 15 is 0 Å². The Balaban J connectivity index is 1.77. The first kappa shape index (κ1) is 20.8. The first-order chi connectivity index (χ1) is 15.5. The van der Waals surface area contributed by atoms with Crippen molar-refractivity contribution in [2.75, 3.05) is 6.61 Å². The van der Waals surface area contributed by atoms with Gasteiger partial charge in [-0.15, -0.1) is 0 Å². The highest BCUT2D eigenvalue weighted by atomic mass is 16.6. The van der Waals surface area contributed by atoms with Crippen LogP contribution in [0.1, 0.15) is 27.6 Å². The number of fused-ring (bicyclic) bond motifs is 1. The van der Waals surface area contributed by atoms with Crippen LogP contribution in [0.4, 0.5) is 5.69 Å². The molecule has 0 spiro atoms. The summed E-state index contributed by atoms with van der Waals surface area (Å²) in [6.45, 7) is 1.83. The third-order valence-corrected chi connectivity index (χ3v) is 4.70. The predicted octanol–water partition coefficient (Wildman–Crippen LogP) is 5.40. The molecule has 0 radical (unpaired) electrons. The van der Waals surface area contributed by atoms with Crippen molar-refractivity contribution in [2.24, 2.45) is 0 Å². The molecule has 1 aromatic heterocycles. The molecule has 3 aromatic carbocycles. The summed E-state index contributed by atoms with van der Waals surface area (Å²) in [5, 5.41) is 11.3. The van der Waals surface area contributed by atoms with Gasteiger partial charge in [0.05, 0.1) is 17.1 Å². The van der Waals surface area contributed by atoms with Crippen LogP contribution < -0.4 is 4.74 Å². The van der Waals surface area contributed by atoms with E-state index in [4.69, 9.17) is 13.9 Å². The molecule has 0 unspecified atom stereocenters. The molecule has 1 heterocycles. The molecule has 0 aliphatic carbocycles. The van der Waals surface area contributed by atoms with E-state index in [0.29, 0.717) is 22.1 Å². The molecular weight excluding hydrogens is 414 g/mol. The van der Waals surface area contributed by atoms with Crippen LogP contribution in [0.2, 0.25) is 0 Å². The molecule has 4 aromatic rings. The average molecular weight is 431 g/mol. The van der Waals surface area contributed by atoms with Gasteiger partial charge in [0, 0.05) is 23.1 Å². The summed E-state index contributed by atoms with van der Waals surface area (Å²) < 4.78 is 16.5. The second-order valence-corrected chi connectivity index (χ2v) is 6.74. The van der Waals surface area contributed by atoms with Crippen LogP contribution in [0, 0.1) is 10.1 Å². The fourth-order valence-electron chi connectivity index (χ4n) is 3.22. The fourth-order valence-corrected chi connectivity index (χ4v) is 3.22. The minimum absolute atomic E-state index is 0.0855. The number of furan rings is 1. The third kappa shape index (κ3) is 4.06. The van der Waals surface area contributed by atoms with Gasteiger partial charge < -0.3 is 13.9 Å². The van der Waals surface area contributed by atoms with Gasteiger partial charge in [0.15, 0.2) is 0 Å². The molecule has 0 aliphatic heterocycles. The Bertz CT molecular complexity index is 1310. The summed E-state index contributed by atoms with van der Waals surface area (Å²) in [7, 11) is 0. The lowest BCUT2D eigenvalue weighted by Gasteiger charge is -2.05. The Morgan fingerprint density at radius 3 is 2.34 bits per heavy atom. The molecule has 8 nitrogen and oxygen atoms in total. The van der Waals surface area contributed by atoms with Gasteiger partial charge in [0.25, 0.3) is 5.69 Å². The van der Waals surface area contributed by atoms with E-state index in [-0.39, 0.29) is 29.4 Å². The molecule has 0 N–H and O–H groups in total. The fraction of sp³-hybridized carbons (Fsp3) is 0.0833. The Morgan fingerprint density at radius 2 is 1.69 bits per heavy atom. The number of carbonyl (C=O) groups excluding carboxylic acids is 2. The monoisotopic (exact) mass is 431 g/mol. The Labute approximate surface area is 182 Å². The van der Waals surface area contributed by atoms with Crippen molar-refractivity contribution >= 4 is 28.6 Å². The lowest BCUT2D eigenvalue weighted by atomic mass is 10.0. The van der Waals surface area contributed by atoms with Gasteiger partial charge in [0.1, 0.15) is 22.7 Å². The van der Waals surface area contributed by atoms with Crippen molar-refractivity contribution in [1.29, 1.82) is 0 Å². The number of carbonyl (C=O) groups is 2. The summed E-state index contributed by atoms with van der Waals surface area (Å²) >= 11 is 0. The first-order valence-electron chi connectivity index (χ1n) is 9.73. The number of hydrogen-bond donors (Lipinski definition) is 0. The number of nitrogens with zero attached hydrogens (tertiary/aromatic N) is 1. The van der Waals surface area contributed by atoms with Gasteiger partial charge in [-0.1, -0.05) is 18.2 Å². The summed E-state index contributed by atoms with van der Waals surface area (Å²) in [4.78, 5) is 35.6. The van der Waals surface area contributed by atoms with Crippen LogP contribution in [0.25, 0.3) is 22.3 Å². The van der Waals surface area contributed by atoms with Crippen molar-refractivity contribution in [3.63, 3.8) is 0 Å². The second-order valence-electron chi connectivity index (χ2n) is 6.74. The van der Waals surface area contributed by atoms with E-state index in [0.717, 1.165) is 0 Å². The van der Waals surface area contributed by atoms with E-state index in [2.05, 4.69) is 0 Å². The number of benzene rings is 3. The Kier molecular flexibility index (Phi) is 5.67. The molecule has 0 fully saturated rings. The molecule has 0 atom stereocenters. The van der Waals surface area contributed by atoms with Crippen molar-refractivity contribution in [2.45, 2.75) is 6.92 Å². The van der Waals surface area contributed by atoms with E-state index in [9.17, 15) is 19.7 Å². The number of esters is 2. The molecule has 0 aliphatic rings. The van der Waals surface area contributed by atoms with Gasteiger partial charge in [-0.2, -0.15) is 0 Å². The minimum atomic E-state index is -0.619. The third-order valence-electron chi connectivity index (χ3n) is 4.70. The molecule has 8 heteroatoms. The highest BCUT2D eigenvalue weighted by Crippen LogP contribution is 2.36. The summed E-state index contributed by atoms with van der Waals surface area (Å²) in [5.41, 5.74) is 1.29. The smallest absolute Gasteiger partial charge is 0.343 e. The minimum Gasteiger partial charge on any atom is -0.462 e. The largest absolute Gasteiger partial charge is 0.462 e. The molecule has 0 saturated heterocycles.